The summed E-state index contributed by atoms with van der Waals surface area (Å²) in [6, 6.07) is 3.46. The molecule has 1 aromatic heterocycles. The van der Waals surface area contributed by atoms with Gasteiger partial charge in [-0.3, -0.25) is 19.2 Å². The van der Waals surface area contributed by atoms with Crippen molar-refractivity contribution in [2.75, 3.05) is 38.7 Å². The number of halogens is 1. The monoisotopic (exact) mass is 441 g/mol. The molecule has 32 heavy (non-hydrogen) atoms. The quantitative estimate of drug-likeness (QED) is 0.709. The summed E-state index contributed by atoms with van der Waals surface area (Å²) in [5, 5.41) is 9.09. The Hall–Kier alpha value is -2.86. The number of nitrogens with one attached hydrogen (secondary N) is 1. The number of anilines is 1. The first-order valence-corrected chi connectivity index (χ1v) is 11.3. The van der Waals surface area contributed by atoms with Crippen LogP contribution in [-0.2, 0) is 0 Å². The first-order valence-electron chi connectivity index (χ1n) is 11.3. The first kappa shape index (κ1) is 21.0. The molecule has 2 heterocycles. The van der Waals surface area contributed by atoms with E-state index >= 15 is 4.39 Å². The van der Waals surface area contributed by atoms with Crippen LogP contribution in [0.5, 0.6) is 5.75 Å². The second kappa shape index (κ2) is 7.62. The Morgan fingerprint density at radius 3 is 2.72 bits per heavy atom. The van der Waals surface area contributed by atoms with Crippen LogP contribution < -0.4 is 20.9 Å². The van der Waals surface area contributed by atoms with Gasteiger partial charge in [0.05, 0.1) is 18.6 Å². The summed E-state index contributed by atoms with van der Waals surface area (Å²) in [7, 11) is 3.54. The zero-order valence-corrected chi connectivity index (χ0v) is 18.5. The molecule has 1 aromatic carbocycles. The van der Waals surface area contributed by atoms with Crippen molar-refractivity contribution in [2.45, 2.75) is 50.1 Å². The van der Waals surface area contributed by atoms with Crippen molar-refractivity contribution < 1.29 is 9.13 Å². The van der Waals surface area contributed by atoms with Gasteiger partial charge in [-0.05, 0) is 51.1 Å². The van der Waals surface area contributed by atoms with E-state index in [0.29, 0.717) is 36.6 Å². The van der Waals surface area contributed by atoms with E-state index in [1.165, 1.54) is 13.2 Å². The number of aromatic amines is 1. The van der Waals surface area contributed by atoms with E-state index in [0.717, 1.165) is 38.6 Å². The molecule has 3 aliphatic rings. The summed E-state index contributed by atoms with van der Waals surface area (Å²) in [5.74, 6) is 0.110. The van der Waals surface area contributed by atoms with Crippen molar-refractivity contribution in [1.82, 2.24) is 14.5 Å². The fraction of sp³-hybridized carbons (Fsp3) is 0.609. The highest BCUT2D eigenvalue weighted by molar-refractivity contribution is 5.91. The van der Waals surface area contributed by atoms with E-state index in [2.05, 4.69) is 23.0 Å². The molecule has 1 N–H and O–H groups in total. The van der Waals surface area contributed by atoms with Gasteiger partial charge in [0, 0.05) is 37.6 Å². The van der Waals surface area contributed by atoms with Gasteiger partial charge in [-0.25, -0.2) is 9.18 Å². The van der Waals surface area contributed by atoms with Crippen LogP contribution in [0.3, 0.4) is 0 Å². The Kier molecular flexibility index (Phi) is 5.01. The Labute approximate surface area is 185 Å². The van der Waals surface area contributed by atoms with E-state index in [9.17, 15) is 9.59 Å². The molecule has 5 rings (SSSR count). The molecule has 2 aliphatic carbocycles. The summed E-state index contributed by atoms with van der Waals surface area (Å²) in [6.07, 6.45) is 5.28. The summed E-state index contributed by atoms with van der Waals surface area (Å²) >= 11 is 0. The smallest absolute Gasteiger partial charge is 0.329 e. The standard InChI is InChI=1S/C23H28FN5O3/c1-27(10-3-9-25)23(7-8-23)14-6-11-28(13-14)19-17(24)12-16-18(20(19)32-2)29(15-4-5-15)22(31)26-21(16)30/h12,14-15H,3-8,10-11,13H2,1-2H3,(H,26,30,31). The zero-order chi connectivity index (χ0) is 22.6. The van der Waals surface area contributed by atoms with Crippen molar-refractivity contribution >= 4 is 16.6 Å². The van der Waals surface area contributed by atoms with Gasteiger partial charge in [0.25, 0.3) is 5.56 Å². The van der Waals surface area contributed by atoms with E-state index in [1.54, 1.807) is 4.57 Å². The number of hydrogen-bond donors (Lipinski definition) is 1. The minimum absolute atomic E-state index is 0.00362. The predicted octanol–water partition coefficient (Wildman–Crippen LogP) is 2.38. The molecule has 9 heteroatoms. The minimum atomic E-state index is -0.596. The van der Waals surface area contributed by atoms with Crippen LogP contribution in [0.2, 0.25) is 0 Å². The summed E-state index contributed by atoms with van der Waals surface area (Å²) in [4.78, 5) is 31.7. The molecule has 1 aliphatic heterocycles. The normalized spacial score (nSPS) is 21.8. The topological polar surface area (TPSA) is 94.4 Å². The second-order valence-electron chi connectivity index (χ2n) is 9.36. The molecule has 170 valence electrons. The lowest BCUT2D eigenvalue weighted by Crippen LogP contribution is -2.42. The number of nitrogens with zero attached hydrogens (tertiary/aromatic N) is 4. The third-order valence-electron chi connectivity index (χ3n) is 7.57. The summed E-state index contributed by atoms with van der Waals surface area (Å²) < 4.78 is 22.6. The summed E-state index contributed by atoms with van der Waals surface area (Å²) in [5.41, 5.74) is -0.287. The zero-order valence-electron chi connectivity index (χ0n) is 18.5. The molecule has 0 spiro atoms. The molecule has 2 aromatic rings. The predicted molar refractivity (Wildman–Crippen MR) is 119 cm³/mol. The van der Waals surface area contributed by atoms with Crippen LogP contribution in [0.1, 0.15) is 44.6 Å². The molecule has 1 saturated heterocycles. The van der Waals surface area contributed by atoms with Crippen LogP contribution >= 0.6 is 0 Å². The summed E-state index contributed by atoms with van der Waals surface area (Å²) in [6.45, 7) is 2.08. The molecule has 3 fully saturated rings. The number of H-pyrrole nitrogens is 1. The van der Waals surface area contributed by atoms with E-state index < -0.39 is 17.1 Å². The van der Waals surface area contributed by atoms with Crippen molar-refractivity contribution in [3.8, 4) is 11.8 Å². The van der Waals surface area contributed by atoms with Gasteiger partial charge >= 0.3 is 5.69 Å². The average molecular weight is 442 g/mol. The molecular formula is C23H28FN5O3. The Morgan fingerprint density at radius 2 is 2.09 bits per heavy atom. The number of rotatable bonds is 7. The van der Waals surface area contributed by atoms with Crippen molar-refractivity contribution in [3.05, 3.63) is 32.7 Å². The highest BCUT2D eigenvalue weighted by atomic mass is 19.1. The Morgan fingerprint density at radius 1 is 1.34 bits per heavy atom. The lowest BCUT2D eigenvalue weighted by Gasteiger charge is -2.33. The first-order chi connectivity index (χ1) is 15.4. The number of aromatic nitrogens is 2. The molecular weight excluding hydrogens is 413 g/mol. The maximum Gasteiger partial charge on any atom is 0.329 e. The van der Waals surface area contributed by atoms with Crippen LogP contribution in [0.15, 0.2) is 15.7 Å². The van der Waals surface area contributed by atoms with Crippen LogP contribution in [0.4, 0.5) is 10.1 Å². The highest BCUT2D eigenvalue weighted by Crippen LogP contribution is 2.52. The third kappa shape index (κ3) is 3.20. The molecule has 1 unspecified atom stereocenters. The number of benzene rings is 1. The fourth-order valence-corrected chi connectivity index (χ4v) is 5.59. The molecule has 0 bridgehead atoms. The third-order valence-corrected chi connectivity index (χ3v) is 7.57. The number of hydrogen-bond acceptors (Lipinski definition) is 6. The van der Waals surface area contributed by atoms with Crippen molar-refractivity contribution in [2.24, 2.45) is 5.92 Å². The van der Waals surface area contributed by atoms with Crippen LogP contribution in [-0.4, -0.2) is 53.8 Å². The van der Waals surface area contributed by atoms with Gasteiger partial charge in [-0.2, -0.15) is 5.26 Å². The molecule has 0 amide bonds. The van der Waals surface area contributed by atoms with Gasteiger partial charge in [-0.15, -0.1) is 0 Å². The van der Waals surface area contributed by atoms with E-state index in [4.69, 9.17) is 10.00 Å². The van der Waals surface area contributed by atoms with Crippen LogP contribution in [0, 0.1) is 23.1 Å². The van der Waals surface area contributed by atoms with Crippen molar-refractivity contribution in [1.29, 1.82) is 5.26 Å². The lowest BCUT2D eigenvalue weighted by atomic mass is 9.94. The van der Waals surface area contributed by atoms with Gasteiger partial charge < -0.3 is 9.64 Å². The second-order valence-corrected chi connectivity index (χ2v) is 9.36. The maximum atomic E-state index is 15.4. The molecule has 0 radical (unpaired) electrons. The van der Waals surface area contributed by atoms with E-state index in [1.807, 2.05) is 4.90 Å². The van der Waals surface area contributed by atoms with Crippen molar-refractivity contribution in [3.63, 3.8) is 0 Å². The number of fused-ring (bicyclic) bond motifs is 1. The van der Waals surface area contributed by atoms with Gasteiger partial charge in [0.15, 0.2) is 11.6 Å². The van der Waals surface area contributed by atoms with Gasteiger partial charge in [-0.1, -0.05) is 0 Å². The Balaban J connectivity index is 1.55. The lowest BCUT2D eigenvalue weighted by molar-refractivity contribution is 0.164. The SMILES string of the molecule is COc1c(N2CCC(C3(N(C)CCC#N)CC3)C2)c(F)cc2c(=O)[nH]c(=O)n(C3CC3)c12. The van der Waals surface area contributed by atoms with E-state index in [-0.39, 0.29) is 22.7 Å². The molecule has 8 nitrogen and oxygen atoms in total. The Bertz CT molecular complexity index is 1220. The molecule has 2 saturated carbocycles. The van der Waals surface area contributed by atoms with Crippen LogP contribution in [0.25, 0.3) is 10.9 Å². The molecule has 1 atom stereocenters. The average Bonchev–Trinajstić information content (AvgIpc) is 3.70. The maximum absolute atomic E-state index is 15.4. The van der Waals surface area contributed by atoms with Gasteiger partial charge in [0.2, 0.25) is 0 Å². The van der Waals surface area contributed by atoms with Gasteiger partial charge in [0.1, 0.15) is 11.2 Å². The number of ether oxygens (including phenoxy) is 1. The largest absolute Gasteiger partial charge is 0.492 e. The number of methoxy groups -OCH3 is 1. The highest BCUT2D eigenvalue weighted by Gasteiger charge is 2.54. The number of nitriles is 1. The minimum Gasteiger partial charge on any atom is -0.492 e. The fourth-order valence-electron chi connectivity index (χ4n) is 5.59.